The molecule has 4 atom stereocenters. The van der Waals surface area contributed by atoms with Crippen LogP contribution >= 0.6 is 0 Å². The van der Waals surface area contributed by atoms with Gasteiger partial charge < -0.3 is 14.7 Å². The molecule has 1 N–H and O–H groups in total. The lowest BCUT2D eigenvalue weighted by molar-refractivity contribution is -0.299. The van der Waals surface area contributed by atoms with Crippen molar-refractivity contribution < 1.29 is 19.4 Å². The van der Waals surface area contributed by atoms with Gasteiger partial charge in [0.15, 0.2) is 0 Å². The number of ether oxygens (including phenoxy) is 1. The number of benzene rings is 1. The monoisotopic (exact) mass is 316 g/mol. The quantitative estimate of drug-likeness (QED) is 0.862. The van der Waals surface area contributed by atoms with Gasteiger partial charge in [0.05, 0.1) is 0 Å². The Morgan fingerprint density at radius 3 is 2.74 bits per heavy atom. The van der Waals surface area contributed by atoms with E-state index >= 15 is 0 Å². The summed E-state index contributed by atoms with van der Waals surface area (Å²) in [5.41, 5.74) is 0.957. The molecule has 0 saturated carbocycles. The molecule has 122 valence electrons. The Bertz CT molecular complexity index is 649. The number of hydrogen-bond acceptors (Lipinski definition) is 4. The zero-order chi connectivity index (χ0) is 16.2. The van der Waals surface area contributed by atoms with Crippen LogP contribution in [0.2, 0.25) is 0 Å². The number of hydrogen-bond donors (Lipinski definition) is 1. The molecule has 3 saturated heterocycles. The van der Waals surface area contributed by atoms with E-state index < -0.39 is 24.1 Å². The highest BCUT2D eigenvalue weighted by molar-refractivity contribution is 5.93. The highest BCUT2D eigenvalue weighted by Crippen LogP contribution is 2.42. The molecule has 0 aliphatic carbocycles. The molecule has 23 heavy (non-hydrogen) atoms. The predicted molar refractivity (Wildman–Crippen MR) is 81.0 cm³/mol. The second kappa shape index (κ2) is 5.04. The van der Waals surface area contributed by atoms with Gasteiger partial charge in [0.2, 0.25) is 5.91 Å². The normalized spacial score (nSPS) is 36.3. The fourth-order valence-electron chi connectivity index (χ4n) is 4.08. The molecule has 3 heterocycles. The predicted octanol–water partition coefficient (Wildman–Crippen LogP) is 0.496. The van der Waals surface area contributed by atoms with E-state index in [1.54, 1.807) is 11.8 Å². The number of carbonyl (C=O) groups is 2. The average Bonchev–Trinajstić information content (AvgIpc) is 3.11. The van der Waals surface area contributed by atoms with Crippen molar-refractivity contribution >= 4 is 11.8 Å². The van der Waals surface area contributed by atoms with E-state index in [-0.39, 0.29) is 11.8 Å². The largest absolute Gasteiger partial charge is 0.347 e. The number of carbonyl (C=O) groups excluding carboxylic acids is 2. The summed E-state index contributed by atoms with van der Waals surface area (Å²) in [4.78, 5) is 28.4. The molecule has 0 aromatic heterocycles. The smallest absolute Gasteiger partial charge is 0.274 e. The van der Waals surface area contributed by atoms with Gasteiger partial charge in [-0.15, -0.1) is 0 Å². The van der Waals surface area contributed by atoms with Crippen molar-refractivity contribution in [1.29, 1.82) is 0 Å². The van der Waals surface area contributed by atoms with Gasteiger partial charge in [-0.25, -0.2) is 0 Å². The number of nitrogens with zero attached hydrogens (tertiary/aromatic N) is 2. The van der Waals surface area contributed by atoms with E-state index in [4.69, 9.17) is 4.74 Å². The van der Waals surface area contributed by atoms with Crippen molar-refractivity contribution in [3.63, 3.8) is 0 Å². The van der Waals surface area contributed by atoms with Gasteiger partial charge in [-0.3, -0.25) is 14.5 Å². The van der Waals surface area contributed by atoms with Crippen LogP contribution < -0.4 is 0 Å². The number of amides is 2. The van der Waals surface area contributed by atoms with Crippen molar-refractivity contribution in [3.05, 3.63) is 35.9 Å². The summed E-state index contributed by atoms with van der Waals surface area (Å²) in [6, 6.07) is 8.38. The van der Waals surface area contributed by atoms with Crippen LogP contribution in [-0.4, -0.2) is 57.4 Å². The second-order valence-electron chi connectivity index (χ2n) is 6.52. The van der Waals surface area contributed by atoms with Crippen molar-refractivity contribution in [2.45, 2.75) is 50.3 Å². The maximum absolute atomic E-state index is 12.9. The summed E-state index contributed by atoms with van der Waals surface area (Å²) in [6.07, 6.45) is 1.12. The summed E-state index contributed by atoms with van der Waals surface area (Å²) in [5, 5.41) is 11.1. The van der Waals surface area contributed by atoms with Crippen molar-refractivity contribution in [2.75, 3.05) is 6.54 Å². The lowest BCUT2D eigenvalue weighted by Gasteiger charge is -2.49. The maximum Gasteiger partial charge on any atom is 0.274 e. The Balaban J connectivity index is 1.74. The maximum atomic E-state index is 12.9. The minimum Gasteiger partial charge on any atom is -0.347 e. The molecule has 4 rings (SSSR count). The first-order valence-electron chi connectivity index (χ1n) is 8.10. The van der Waals surface area contributed by atoms with Crippen LogP contribution in [-0.2, 0) is 20.7 Å². The topological polar surface area (TPSA) is 70.1 Å². The Labute approximate surface area is 134 Å². The number of piperazine rings is 1. The lowest BCUT2D eigenvalue weighted by Crippen LogP contribution is -2.71. The third-order valence-electron chi connectivity index (χ3n) is 5.12. The number of rotatable bonds is 2. The molecule has 0 radical (unpaired) electrons. The Morgan fingerprint density at radius 2 is 2.00 bits per heavy atom. The van der Waals surface area contributed by atoms with E-state index in [2.05, 4.69) is 0 Å². The summed E-state index contributed by atoms with van der Waals surface area (Å²) in [5.74, 6) is -2.10. The summed E-state index contributed by atoms with van der Waals surface area (Å²) in [7, 11) is 0. The van der Waals surface area contributed by atoms with Gasteiger partial charge in [0, 0.05) is 13.0 Å². The van der Waals surface area contributed by atoms with Gasteiger partial charge in [-0.1, -0.05) is 30.3 Å². The van der Waals surface area contributed by atoms with Gasteiger partial charge >= 0.3 is 0 Å². The third kappa shape index (κ3) is 2.01. The van der Waals surface area contributed by atoms with E-state index in [0.29, 0.717) is 19.4 Å². The summed E-state index contributed by atoms with van der Waals surface area (Å²) in [6.45, 7) is 2.23. The SMILES string of the molecule is C[C@@H]1O[C@@]2(O)[C@@H]3CCCN3C(=O)[C@H](Cc3ccccc3)N2C1=O. The van der Waals surface area contributed by atoms with Gasteiger partial charge in [-0.05, 0) is 25.3 Å². The van der Waals surface area contributed by atoms with Gasteiger partial charge in [0.25, 0.3) is 11.8 Å². The first kappa shape index (κ1) is 14.7. The Kier molecular flexibility index (Phi) is 3.21. The first-order chi connectivity index (χ1) is 11.0. The van der Waals surface area contributed by atoms with Gasteiger partial charge in [-0.2, -0.15) is 0 Å². The van der Waals surface area contributed by atoms with Crippen LogP contribution in [0.5, 0.6) is 0 Å². The van der Waals surface area contributed by atoms with E-state index in [9.17, 15) is 14.7 Å². The molecule has 1 aromatic rings. The van der Waals surface area contributed by atoms with E-state index in [1.807, 2.05) is 30.3 Å². The van der Waals surface area contributed by atoms with Crippen LogP contribution in [0.25, 0.3) is 0 Å². The minimum absolute atomic E-state index is 0.0907. The molecule has 3 aliphatic heterocycles. The molecule has 6 heteroatoms. The van der Waals surface area contributed by atoms with Crippen LogP contribution in [0.3, 0.4) is 0 Å². The standard InChI is InChI=1S/C17H20N2O4/c1-11-15(20)19-13(10-12-6-3-2-4-7-12)16(21)18-9-5-8-14(18)17(19,22)23-11/h2-4,6-7,11,13-14,22H,5,8-10H2,1H3/t11-,13-,14-,17-/m0/s1. The van der Waals surface area contributed by atoms with E-state index in [0.717, 1.165) is 12.0 Å². The van der Waals surface area contributed by atoms with Crippen LogP contribution in [0, 0.1) is 0 Å². The third-order valence-corrected chi connectivity index (χ3v) is 5.12. The Hall–Kier alpha value is -1.92. The zero-order valence-electron chi connectivity index (χ0n) is 13.0. The molecule has 1 aromatic carbocycles. The molecular weight excluding hydrogens is 296 g/mol. The summed E-state index contributed by atoms with van der Waals surface area (Å²) >= 11 is 0. The van der Waals surface area contributed by atoms with Crippen LogP contribution in [0.1, 0.15) is 25.3 Å². The van der Waals surface area contributed by atoms with Crippen LogP contribution in [0.4, 0.5) is 0 Å². The number of fused-ring (bicyclic) bond motifs is 3. The molecule has 6 nitrogen and oxygen atoms in total. The molecule has 3 aliphatic rings. The molecular formula is C17H20N2O4. The lowest BCUT2D eigenvalue weighted by atomic mass is 9.96. The Morgan fingerprint density at radius 1 is 1.26 bits per heavy atom. The fourth-order valence-corrected chi connectivity index (χ4v) is 4.08. The zero-order valence-corrected chi connectivity index (χ0v) is 13.0. The second-order valence-corrected chi connectivity index (χ2v) is 6.52. The first-order valence-corrected chi connectivity index (χ1v) is 8.10. The summed E-state index contributed by atoms with van der Waals surface area (Å²) < 4.78 is 5.63. The fraction of sp³-hybridized carbons (Fsp3) is 0.529. The molecule has 0 bridgehead atoms. The molecule has 3 fully saturated rings. The molecule has 2 amide bonds. The number of aliphatic hydroxyl groups is 1. The minimum atomic E-state index is -1.69. The molecule has 0 unspecified atom stereocenters. The molecule has 0 spiro atoms. The highest BCUT2D eigenvalue weighted by Gasteiger charge is 2.65. The average molecular weight is 316 g/mol. The van der Waals surface area contributed by atoms with Crippen molar-refractivity contribution in [1.82, 2.24) is 9.80 Å². The van der Waals surface area contributed by atoms with Crippen molar-refractivity contribution in [3.8, 4) is 0 Å². The van der Waals surface area contributed by atoms with Gasteiger partial charge in [0.1, 0.15) is 18.2 Å². The van der Waals surface area contributed by atoms with Crippen LogP contribution in [0.15, 0.2) is 30.3 Å². The highest BCUT2D eigenvalue weighted by atomic mass is 16.7. The van der Waals surface area contributed by atoms with E-state index in [1.165, 1.54) is 4.90 Å². The van der Waals surface area contributed by atoms with Crippen molar-refractivity contribution in [2.24, 2.45) is 0 Å².